The highest BCUT2D eigenvalue weighted by Crippen LogP contribution is 2.32. The van der Waals surface area contributed by atoms with Gasteiger partial charge in [0.1, 0.15) is 11.5 Å². The molecule has 0 N–H and O–H groups in total. The van der Waals surface area contributed by atoms with Gasteiger partial charge in [-0.1, -0.05) is 51.5 Å². The minimum absolute atomic E-state index is 0.0830. The van der Waals surface area contributed by atoms with E-state index in [-0.39, 0.29) is 5.91 Å². The van der Waals surface area contributed by atoms with E-state index < -0.39 is 0 Å². The molecule has 4 rings (SSSR count). The fourth-order valence-corrected chi connectivity index (χ4v) is 4.85. The lowest BCUT2D eigenvalue weighted by atomic mass is 10.2. The van der Waals surface area contributed by atoms with Crippen LogP contribution in [-0.4, -0.2) is 43.0 Å². The van der Waals surface area contributed by atoms with Gasteiger partial charge < -0.3 is 9.64 Å². The molecule has 0 bridgehead atoms. The number of para-hydroxylation sites is 1. The standard InChI is InChI=1S/C25H24BrN3O2S/c1-28(2)14-7-15-29(25-27-22-13-12-19(26)17-23(22)32-25)24(30)18-8-6-11-21(16-18)31-20-9-4-3-5-10-20/h3-6,8-13,16-17H,7,14-15H2,1-2H3. The minimum atomic E-state index is -0.0830. The average molecular weight is 510 g/mol. The maximum Gasteiger partial charge on any atom is 0.260 e. The second kappa shape index (κ2) is 10.3. The summed E-state index contributed by atoms with van der Waals surface area (Å²) in [5.74, 6) is 1.28. The summed E-state index contributed by atoms with van der Waals surface area (Å²) in [5.41, 5.74) is 1.46. The average Bonchev–Trinajstić information content (AvgIpc) is 3.20. The Kier molecular flexibility index (Phi) is 7.19. The molecule has 0 radical (unpaired) electrons. The number of thiazole rings is 1. The van der Waals surface area contributed by atoms with Gasteiger partial charge in [-0.25, -0.2) is 4.98 Å². The minimum Gasteiger partial charge on any atom is -0.457 e. The maximum absolute atomic E-state index is 13.6. The van der Waals surface area contributed by atoms with Gasteiger partial charge in [0.2, 0.25) is 0 Å². The molecule has 0 saturated carbocycles. The van der Waals surface area contributed by atoms with Crippen molar-refractivity contribution in [3.05, 3.63) is 82.8 Å². The smallest absolute Gasteiger partial charge is 0.260 e. The normalized spacial score (nSPS) is 11.1. The van der Waals surface area contributed by atoms with Gasteiger partial charge in [-0.3, -0.25) is 9.69 Å². The number of amides is 1. The molecular formula is C25H24BrN3O2S. The number of benzene rings is 3. The van der Waals surface area contributed by atoms with E-state index in [1.807, 2.05) is 80.8 Å². The SMILES string of the molecule is CN(C)CCCN(C(=O)c1cccc(Oc2ccccc2)c1)c1nc2ccc(Br)cc2s1. The van der Waals surface area contributed by atoms with E-state index in [9.17, 15) is 4.79 Å². The molecule has 0 fully saturated rings. The first kappa shape index (κ1) is 22.5. The number of nitrogens with zero attached hydrogens (tertiary/aromatic N) is 3. The van der Waals surface area contributed by atoms with Gasteiger partial charge in [0, 0.05) is 16.6 Å². The lowest BCUT2D eigenvalue weighted by molar-refractivity contribution is 0.0985. The van der Waals surface area contributed by atoms with Crippen LogP contribution in [0.15, 0.2) is 77.3 Å². The second-order valence-corrected chi connectivity index (χ2v) is 9.59. The topological polar surface area (TPSA) is 45.7 Å². The fourth-order valence-electron chi connectivity index (χ4n) is 3.30. The molecule has 4 aromatic rings. The molecule has 3 aromatic carbocycles. The van der Waals surface area contributed by atoms with Gasteiger partial charge in [-0.2, -0.15) is 0 Å². The van der Waals surface area contributed by atoms with Gasteiger partial charge in [0.05, 0.1) is 10.2 Å². The molecule has 32 heavy (non-hydrogen) atoms. The van der Waals surface area contributed by atoms with E-state index in [1.54, 1.807) is 11.0 Å². The molecule has 5 nitrogen and oxygen atoms in total. The van der Waals surface area contributed by atoms with E-state index in [0.717, 1.165) is 33.4 Å². The van der Waals surface area contributed by atoms with Gasteiger partial charge in [-0.15, -0.1) is 0 Å². The number of ether oxygens (including phenoxy) is 1. The first-order valence-corrected chi connectivity index (χ1v) is 12.0. The quantitative estimate of drug-likeness (QED) is 0.273. The van der Waals surface area contributed by atoms with Crippen molar-refractivity contribution in [1.29, 1.82) is 0 Å². The summed E-state index contributed by atoms with van der Waals surface area (Å²) in [5, 5.41) is 0.705. The maximum atomic E-state index is 13.6. The summed E-state index contributed by atoms with van der Waals surface area (Å²) >= 11 is 5.04. The Labute approximate surface area is 200 Å². The Hall–Kier alpha value is -2.74. The number of anilines is 1. The second-order valence-electron chi connectivity index (χ2n) is 7.67. The van der Waals surface area contributed by atoms with E-state index in [0.29, 0.717) is 23.0 Å². The van der Waals surface area contributed by atoms with Gasteiger partial charge >= 0.3 is 0 Å². The van der Waals surface area contributed by atoms with Crippen LogP contribution in [0.3, 0.4) is 0 Å². The highest BCUT2D eigenvalue weighted by atomic mass is 79.9. The van der Waals surface area contributed by atoms with Crippen molar-refractivity contribution < 1.29 is 9.53 Å². The molecule has 0 atom stereocenters. The van der Waals surface area contributed by atoms with Crippen LogP contribution in [-0.2, 0) is 0 Å². The number of hydrogen-bond donors (Lipinski definition) is 0. The van der Waals surface area contributed by atoms with Crippen molar-refractivity contribution in [2.75, 3.05) is 32.1 Å². The molecule has 1 amide bonds. The Balaban J connectivity index is 1.62. The molecule has 0 aliphatic rings. The number of fused-ring (bicyclic) bond motifs is 1. The monoisotopic (exact) mass is 509 g/mol. The predicted octanol–water partition coefficient (Wildman–Crippen LogP) is 6.45. The number of rotatable bonds is 8. The van der Waals surface area contributed by atoms with Gasteiger partial charge in [-0.05, 0) is 75.6 Å². The number of carbonyl (C=O) groups is 1. The van der Waals surface area contributed by atoms with E-state index >= 15 is 0 Å². The van der Waals surface area contributed by atoms with Crippen molar-refractivity contribution in [2.45, 2.75) is 6.42 Å². The van der Waals surface area contributed by atoms with Crippen LogP contribution < -0.4 is 9.64 Å². The highest BCUT2D eigenvalue weighted by Gasteiger charge is 2.22. The van der Waals surface area contributed by atoms with E-state index in [1.165, 1.54) is 11.3 Å². The fraction of sp³-hybridized carbons (Fsp3) is 0.200. The third-order valence-electron chi connectivity index (χ3n) is 4.86. The van der Waals surface area contributed by atoms with Crippen LogP contribution in [0.4, 0.5) is 5.13 Å². The molecule has 1 heterocycles. The van der Waals surface area contributed by atoms with Crippen molar-refractivity contribution >= 4 is 48.5 Å². The number of halogens is 1. The number of hydrogen-bond acceptors (Lipinski definition) is 5. The van der Waals surface area contributed by atoms with E-state index in [4.69, 9.17) is 9.72 Å². The van der Waals surface area contributed by atoms with Crippen LogP contribution in [0.5, 0.6) is 11.5 Å². The third kappa shape index (κ3) is 5.54. The predicted molar refractivity (Wildman–Crippen MR) is 135 cm³/mol. The summed E-state index contributed by atoms with van der Waals surface area (Å²) in [6.45, 7) is 1.47. The van der Waals surface area contributed by atoms with Crippen molar-refractivity contribution in [2.24, 2.45) is 0 Å². The first-order chi connectivity index (χ1) is 15.5. The van der Waals surface area contributed by atoms with Crippen LogP contribution in [0.1, 0.15) is 16.8 Å². The number of aromatic nitrogens is 1. The third-order valence-corrected chi connectivity index (χ3v) is 6.40. The molecule has 0 saturated heterocycles. The summed E-state index contributed by atoms with van der Waals surface area (Å²) < 4.78 is 7.97. The Morgan fingerprint density at radius 1 is 0.969 bits per heavy atom. The summed E-state index contributed by atoms with van der Waals surface area (Å²) in [6.07, 6.45) is 0.846. The molecule has 164 valence electrons. The van der Waals surface area contributed by atoms with E-state index in [2.05, 4.69) is 20.8 Å². The van der Waals surface area contributed by atoms with Gasteiger partial charge in [0.25, 0.3) is 5.91 Å². The first-order valence-electron chi connectivity index (χ1n) is 10.4. The van der Waals surface area contributed by atoms with Crippen LogP contribution in [0.25, 0.3) is 10.2 Å². The lowest BCUT2D eigenvalue weighted by Crippen LogP contribution is -2.33. The molecule has 0 aliphatic carbocycles. The Morgan fingerprint density at radius 3 is 2.53 bits per heavy atom. The summed E-state index contributed by atoms with van der Waals surface area (Å²) in [4.78, 5) is 22.2. The molecule has 0 aliphatic heterocycles. The lowest BCUT2D eigenvalue weighted by Gasteiger charge is -2.21. The highest BCUT2D eigenvalue weighted by molar-refractivity contribution is 9.10. The summed E-state index contributed by atoms with van der Waals surface area (Å²) in [6, 6.07) is 22.8. The molecule has 1 aromatic heterocycles. The largest absolute Gasteiger partial charge is 0.457 e. The zero-order valence-electron chi connectivity index (χ0n) is 18.0. The zero-order valence-corrected chi connectivity index (χ0v) is 20.4. The Bertz CT molecular complexity index is 1210. The van der Waals surface area contributed by atoms with Crippen LogP contribution in [0.2, 0.25) is 0 Å². The molecule has 0 unspecified atom stereocenters. The number of carbonyl (C=O) groups excluding carboxylic acids is 1. The Morgan fingerprint density at radius 2 is 1.75 bits per heavy atom. The summed E-state index contributed by atoms with van der Waals surface area (Å²) in [7, 11) is 4.07. The molecule has 0 spiro atoms. The van der Waals surface area contributed by atoms with Crippen molar-refractivity contribution in [3.8, 4) is 11.5 Å². The zero-order chi connectivity index (χ0) is 22.5. The van der Waals surface area contributed by atoms with Crippen molar-refractivity contribution in [3.63, 3.8) is 0 Å². The van der Waals surface area contributed by atoms with Crippen molar-refractivity contribution in [1.82, 2.24) is 9.88 Å². The molecular weight excluding hydrogens is 486 g/mol. The van der Waals surface area contributed by atoms with Crippen LogP contribution in [0, 0.1) is 0 Å². The molecule has 7 heteroatoms. The van der Waals surface area contributed by atoms with Gasteiger partial charge in [0.15, 0.2) is 5.13 Å². The van der Waals surface area contributed by atoms with Crippen LogP contribution >= 0.6 is 27.3 Å².